The van der Waals surface area contributed by atoms with E-state index in [-0.39, 0.29) is 30.0 Å². The molecule has 0 aromatic heterocycles. The van der Waals surface area contributed by atoms with Gasteiger partial charge in [0.15, 0.2) is 0 Å². The number of nitro groups is 2. The maximum atomic E-state index is 11.9. The first kappa shape index (κ1) is 16.9. The van der Waals surface area contributed by atoms with Crippen LogP contribution in [-0.2, 0) is 0 Å². The Bertz CT molecular complexity index is 778. The Morgan fingerprint density at radius 1 is 0.958 bits per heavy atom. The quantitative estimate of drug-likeness (QED) is 0.455. The lowest BCUT2D eigenvalue weighted by Gasteiger charge is -2.08. The Morgan fingerprint density at radius 2 is 1.71 bits per heavy atom. The zero-order valence-corrected chi connectivity index (χ0v) is 12.5. The van der Waals surface area contributed by atoms with Crippen molar-refractivity contribution in [2.24, 2.45) is 0 Å². The summed E-state index contributed by atoms with van der Waals surface area (Å²) in [5, 5.41) is 27.0. The molecule has 0 atom stereocenters. The first-order chi connectivity index (χ1) is 11.5. The third-order valence-electron chi connectivity index (χ3n) is 3.15. The molecule has 24 heavy (non-hydrogen) atoms. The molecule has 0 aliphatic carbocycles. The number of rotatable bonds is 7. The van der Waals surface area contributed by atoms with Crippen LogP contribution in [0.5, 0.6) is 0 Å². The highest BCUT2D eigenvalue weighted by Gasteiger charge is 2.13. The average molecular weight is 330 g/mol. The second-order valence-electron chi connectivity index (χ2n) is 4.76. The van der Waals surface area contributed by atoms with Gasteiger partial charge in [0.25, 0.3) is 17.3 Å². The van der Waals surface area contributed by atoms with Gasteiger partial charge < -0.3 is 10.6 Å². The molecule has 2 aromatic carbocycles. The summed E-state index contributed by atoms with van der Waals surface area (Å²) in [6.45, 7) is 0.471. The standard InChI is InChI=1S/C15H14N4O5/c20-15(11-4-3-5-12(10-11)18(21)22)17-9-8-16-13-6-1-2-7-14(13)19(23)24/h1-7,10,16H,8-9H2,(H,17,20). The van der Waals surface area contributed by atoms with Crippen LogP contribution in [0.25, 0.3) is 0 Å². The molecule has 0 fully saturated rings. The van der Waals surface area contributed by atoms with Gasteiger partial charge >= 0.3 is 0 Å². The normalized spacial score (nSPS) is 10.0. The molecule has 0 aliphatic heterocycles. The fraction of sp³-hybridized carbons (Fsp3) is 0.133. The van der Waals surface area contributed by atoms with E-state index >= 15 is 0 Å². The van der Waals surface area contributed by atoms with Gasteiger partial charge in [0.1, 0.15) is 5.69 Å². The number of benzene rings is 2. The van der Waals surface area contributed by atoms with E-state index in [9.17, 15) is 25.0 Å². The van der Waals surface area contributed by atoms with E-state index in [0.29, 0.717) is 5.69 Å². The van der Waals surface area contributed by atoms with Crippen molar-refractivity contribution >= 4 is 23.0 Å². The molecule has 2 aromatic rings. The second-order valence-corrected chi connectivity index (χ2v) is 4.76. The molecule has 9 nitrogen and oxygen atoms in total. The fourth-order valence-corrected chi connectivity index (χ4v) is 2.02. The Balaban J connectivity index is 1.89. The van der Waals surface area contributed by atoms with Gasteiger partial charge in [-0.2, -0.15) is 0 Å². The Morgan fingerprint density at radius 3 is 2.42 bits per heavy atom. The molecule has 1 amide bonds. The average Bonchev–Trinajstić information content (AvgIpc) is 2.58. The summed E-state index contributed by atoms with van der Waals surface area (Å²) >= 11 is 0. The molecular weight excluding hydrogens is 316 g/mol. The van der Waals surface area contributed by atoms with E-state index in [0.717, 1.165) is 0 Å². The van der Waals surface area contributed by atoms with Crippen LogP contribution in [0.2, 0.25) is 0 Å². The number of non-ortho nitro benzene ring substituents is 1. The van der Waals surface area contributed by atoms with Crippen LogP contribution in [0.4, 0.5) is 17.1 Å². The highest BCUT2D eigenvalue weighted by Crippen LogP contribution is 2.22. The third-order valence-corrected chi connectivity index (χ3v) is 3.15. The topological polar surface area (TPSA) is 127 Å². The minimum Gasteiger partial charge on any atom is -0.378 e. The number of amides is 1. The van der Waals surface area contributed by atoms with Gasteiger partial charge in [-0.15, -0.1) is 0 Å². The number of para-hydroxylation sites is 2. The van der Waals surface area contributed by atoms with Gasteiger partial charge in [-0.1, -0.05) is 18.2 Å². The van der Waals surface area contributed by atoms with Crippen LogP contribution >= 0.6 is 0 Å². The van der Waals surface area contributed by atoms with E-state index in [1.165, 1.54) is 30.3 Å². The smallest absolute Gasteiger partial charge is 0.292 e. The number of nitrogens with one attached hydrogen (secondary N) is 2. The van der Waals surface area contributed by atoms with Gasteiger partial charge in [-0.05, 0) is 12.1 Å². The minimum atomic E-state index is -0.577. The van der Waals surface area contributed by atoms with Crippen molar-refractivity contribution < 1.29 is 14.6 Å². The summed E-state index contributed by atoms with van der Waals surface area (Å²) < 4.78 is 0. The molecule has 9 heteroatoms. The summed E-state index contributed by atoms with van der Waals surface area (Å²) in [4.78, 5) is 32.4. The van der Waals surface area contributed by atoms with E-state index < -0.39 is 15.8 Å². The largest absolute Gasteiger partial charge is 0.378 e. The van der Waals surface area contributed by atoms with Gasteiger partial charge in [0.05, 0.1) is 9.85 Å². The third kappa shape index (κ3) is 4.26. The molecule has 0 heterocycles. The highest BCUT2D eigenvalue weighted by atomic mass is 16.6. The number of carbonyl (C=O) groups excluding carboxylic acids is 1. The van der Waals surface area contributed by atoms with E-state index in [1.807, 2.05) is 0 Å². The molecule has 2 rings (SSSR count). The maximum absolute atomic E-state index is 11.9. The van der Waals surface area contributed by atoms with Crippen molar-refractivity contribution in [2.75, 3.05) is 18.4 Å². The van der Waals surface area contributed by atoms with E-state index in [1.54, 1.807) is 18.2 Å². The van der Waals surface area contributed by atoms with E-state index in [4.69, 9.17) is 0 Å². The lowest BCUT2D eigenvalue weighted by Crippen LogP contribution is -2.28. The number of nitro benzene ring substituents is 2. The second kappa shape index (κ2) is 7.68. The fourth-order valence-electron chi connectivity index (χ4n) is 2.02. The Labute approximate surface area is 136 Å². The summed E-state index contributed by atoms with van der Waals surface area (Å²) in [6.07, 6.45) is 0. The predicted octanol–water partition coefficient (Wildman–Crippen LogP) is 2.34. The lowest BCUT2D eigenvalue weighted by atomic mass is 10.2. The molecule has 0 spiro atoms. The summed E-state index contributed by atoms with van der Waals surface area (Å²) in [7, 11) is 0. The summed E-state index contributed by atoms with van der Waals surface area (Å²) in [5.74, 6) is -0.455. The van der Waals surface area contributed by atoms with Gasteiger partial charge in [0.2, 0.25) is 0 Å². The Kier molecular flexibility index (Phi) is 5.40. The van der Waals surface area contributed by atoms with Crippen LogP contribution < -0.4 is 10.6 Å². The monoisotopic (exact) mass is 330 g/mol. The molecule has 0 saturated heterocycles. The summed E-state index contributed by atoms with van der Waals surface area (Å²) in [6, 6.07) is 11.6. The van der Waals surface area contributed by atoms with Crippen molar-refractivity contribution in [1.82, 2.24) is 5.32 Å². The molecule has 0 unspecified atom stereocenters. The minimum absolute atomic E-state index is 0.0532. The van der Waals surface area contributed by atoms with Crippen molar-refractivity contribution in [3.63, 3.8) is 0 Å². The molecular formula is C15H14N4O5. The van der Waals surface area contributed by atoms with Gasteiger partial charge in [-0.25, -0.2) is 0 Å². The van der Waals surface area contributed by atoms with Gasteiger partial charge in [0, 0.05) is 36.9 Å². The van der Waals surface area contributed by atoms with Crippen LogP contribution in [-0.4, -0.2) is 28.8 Å². The number of nitrogens with zero attached hydrogens (tertiary/aromatic N) is 2. The number of hydrogen-bond donors (Lipinski definition) is 2. The summed E-state index contributed by atoms with van der Waals surface area (Å²) in [5.41, 5.74) is 0.310. The molecule has 0 radical (unpaired) electrons. The molecule has 0 bridgehead atoms. The SMILES string of the molecule is O=C(NCCNc1ccccc1[N+](=O)[O-])c1cccc([N+](=O)[O-])c1. The van der Waals surface area contributed by atoms with Crippen LogP contribution in [0.1, 0.15) is 10.4 Å². The maximum Gasteiger partial charge on any atom is 0.292 e. The van der Waals surface area contributed by atoms with Crippen LogP contribution in [0, 0.1) is 20.2 Å². The van der Waals surface area contributed by atoms with Crippen LogP contribution in [0.15, 0.2) is 48.5 Å². The zero-order valence-electron chi connectivity index (χ0n) is 12.5. The van der Waals surface area contributed by atoms with E-state index in [2.05, 4.69) is 10.6 Å². The zero-order chi connectivity index (χ0) is 17.5. The molecule has 0 saturated carbocycles. The number of anilines is 1. The predicted molar refractivity (Wildman–Crippen MR) is 87.0 cm³/mol. The first-order valence-electron chi connectivity index (χ1n) is 6.99. The molecule has 2 N–H and O–H groups in total. The molecule has 0 aliphatic rings. The number of hydrogen-bond acceptors (Lipinski definition) is 6. The first-order valence-corrected chi connectivity index (χ1v) is 6.99. The van der Waals surface area contributed by atoms with Crippen molar-refractivity contribution in [2.45, 2.75) is 0 Å². The van der Waals surface area contributed by atoms with Crippen molar-refractivity contribution in [3.8, 4) is 0 Å². The number of carbonyl (C=O) groups is 1. The van der Waals surface area contributed by atoms with Gasteiger partial charge in [-0.3, -0.25) is 25.0 Å². The van der Waals surface area contributed by atoms with Crippen molar-refractivity contribution in [3.05, 3.63) is 74.3 Å². The van der Waals surface area contributed by atoms with Crippen LogP contribution in [0.3, 0.4) is 0 Å². The highest BCUT2D eigenvalue weighted by molar-refractivity contribution is 5.94. The van der Waals surface area contributed by atoms with Crippen molar-refractivity contribution in [1.29, 1.82) is 0 Å². The Hall–Kier alpha value is -3.49. The lowest BCUT2D eigenvalue weighted by molar-refractivity contribution is -0.384. The molecule has 124 valence electrons.